The molecule has 0 saturated heterocycles. The van der Waals surface area contributed by atoms with Crippen LogP contribution >= 0.6 is 0 Å². The number of carboxylic acids is 1. The standard InChI is InChI=1S/C15H21NO3/c1-3-7-13(12-8-5-4-6-9-12)15(19)16-11(2)10-14(17)18/h4-6,8-9,11,13H,3,7,10H2,1-2H3,(H,16,19)(H,17,18). The molecule has 19 heavy (non-hydrogen) atoms. The van der Waals surface area contributed by atoms with Crippen LogP contribution in [-0.4, -0.2) is 23.0 Å². The monoisotopic (exact) mass is 263 g/mol. The molecule has 0 aliphatic carbocycles. The highest BCUT2D eigenvalue weighted by Crippen LogP contribution is 2.21. The molecule has 4 nitrogen and oxygen atoms in total. The molecule has 2 atom stereocenters. The number of carbonyl (C=O) groups excluding carboxylic acids is 1. The molecule has 0 aliphatic heterocycles. The lowest BCUT2D eigenvalue weighted by Gasteiger charge is -2.19. The number of hydrogen-bond acceptors (Lipinski definition) is 2. The highest BCUT2D eigenvalue weighted by molar-refractivity contribution is 5.84. The van der Waals surface area contributed by atoms with Crippen LogP contribution in [0.15, 0.2) is 30.3 Å². The number of nitrogens with one attached hydrogen (secondary N) is 1. The molecule has 1 aromatic rings. The fraction of sp³-hybridized carbons (Fsp3) is 0.467. The average Bonchev–Trinajstić information content (AvgIpc) is 2.35. The molecular formula is C15H21NO3. The van der Waals surface area contributed by atoms with Gasteiger partial charge in [0.25, 0.3) is 0 Å². The first kappa shape index (κ1) is 15.2. The molecule has 0 fully saturated rings. The van der Waals surface area contributed by atoms with Crippen LogP contribution in [0.4, 0.5) is 0 Å². The second kappa shape index (κ2) is 7.56. The summed E-state index contributed by atoms with van der Waals surface area (Å²) in [6.07, 6.45) is 1.61. The molecule has 1 amide bonds. The van der Waals surface area contributed by atoms with Gasteiger partial charge in [-0.1, -0.05) is 43.7 Å². The lowest BCUT2D eigenvalue weighted by atomic mass is 9.93. The molecule has 0 saturated carbocycles. The third-order valence-electron chi connectivity index (χ3n) is 2.97. The van der Waals surface area contributed by atoms with Crippen LogP contribution in [0.1, 0.15) is 44.6 Å². The molecule has 104 valence electrons. The summed E-state index contributed by atoms with van der Waals surface area (Å²) >= 11 is 0. The van der Waals surface area contributed by atoms with Crippen molar-refractivity contribution < 1.29 is 14.7 Å². The van der Waals surface area contributed by atoms with E-state index < -0.39 is 5.97 Å². The maximum Gasteiger partial charge on any atom is 0.305 e. The van der Waals surface area contributed by atoms with E-state index in [0.29, 0.717) is 0 Å². The SMILES string of the molecule is CCCC(C(=O)NC(C)CC(=O)O)c1ccccc1. The van der Waals surface area contributed by atoms with Crippen molar-refractivity contribution in [2.24, 2.45) is 0 Å². The quantitative estimate of drug-likeness (QED) is 0.794. The zero-order chi connectivity index (χ0) is 14.3. The summed E-state index contributed by atoms with van der Waals surface area (Å²) < 4.78 is 0. The zero-order valence-corrected chi connectivity index (χ0v) is 11.4. The van der Waals surface area contributed by atoms with Crippen LogP contribution in [0.25, 0.3) is 0 Å². The third-order valence-corrected chi connectivity index (χ3v) is 2.97. The molecule has 0 radical (unpaired) electrons. The Bertz CT molecular complexity index is 417. The van der Waals surface area contributed by atoms with Gasteiger partial charge in [-0.05, 0) is 18.9 Å². The van der Waals surface area contributed by atoms with Crippen molar-refractivity contribution in [1.29, 1.82) is 0 Å². The van der Waals surface area contributed by atoms with E-state index in [9.17, 15) is 9.59 Å². The van der Waals surface area contributed by atoms with Crippen molar-refractivity contribution in [2.45, 2.75) is 45.1 Å². The molecule has 2 N–H and O–H groups in total. The van der Waals surface area contributed by atoms with Gasteiger partial charge in [-0.3, -0.25) is 9.59 Å². The van der Waals surface area contributed by atoms with Gasteiger partial charge in [0.1, 0.15) is 0 Å². The van der Waals surface area contributed by atoms with Gasteiger partial charge in [-0.15, -0.1) is 0 Å². The molecule has 4 heteroatoms. The van der Waals surface area contributed by atoms with E-state index in [1.165, 1.54) is 0 Å². The van der Waals surface area contributed by atoms with Gasteiger partial charge in [0.05, 0.1) is 12.3 Å². The van der Waals surface area contributed by atoms with Crippen molar-refractivity contribution in [3.8, 4) is 0 Å². The lowest BCUT2D eigenvalue weighted by Crippen LogP contribution is -2.37. The molecule has 0 spiro atoms. The number of benzene rings is 1. The first-order valence-corrected chi connectivity index (χ1v) is 6.61. The molecule has 0 aliphatic rings. The number of carbonyl (C=O) groups is 2. The molecule has 0 heterocycles. The minimum Gasteiger partial charge on any atom is -0.481 e. The number of rotatable bonds is 7. The second-order valence-corrected chi connectivity index (χ2v) is 4.76. The largest absolute Gasteiger partial charge is 0.481 e. The van der Waals surface area contributed by atoms with Crippen molar-refractivity contribution in [1.82, 2.24) is 5.32 Å². The highest BCUT2D eigenvalue weighted by atomic mass is 16.4. The number of hydrogen-bond donors (Lipinski definition) is 2. The van der Waals surface area contributed by atoms with Gasteiger partial charge >= 0.3 is 5.97 Å². The smallest absolute Gasteiger partial charge is 0.305 e. The first-order chi connectivity index (χ1) is 9.04. The Morgan fingerprint density at radius 2 is 1.89 bits per heavy atom. The Morgan fingerprint density at radius 1 is 1.26 bits per heavy atom. The summed E-state index contributed by atoms with van der Waals surface area (Å²) in [7, 11) is 0. The number of aliphatic carboxylic acids is 1. The summed E-state index contributed by atoms with van der Waals surface area (Å²) in [6.45, 7) is 3.74. The first-order valence-electron chi connectivity index (χ1n) is 6.61. The molecule has 0 aromatic heterocycles. The van der Waals surface area contributed by atoms with Crippen LogP contribution < -0.4 is 5.32 Å². The third kappa shape index (κ3) is 5.12. The fourth-order valence-corrected chi connectivity index (χ4v) is 2.08. The minimum atomic E-state index is -0.903. The summed E-state index contributed by atoms with van der Waals surface area (Å²) in [4.78, 5) is 22.8. The van der Waals surface area contributed by atoms with Crippen LogP contribution in [0.5, 0.6) is 0 Å². The van der Waals surface area contributed by atoms with E-state index in [1.54, 1.807) is 6.92 Å². The highest BCUT2D eigenvalue weighted by Gasteiger charge is 2.21. The Balaban J connectivity index is 2.71. The number of amides is 1. The van der Waals surface area contributed by atoms with Crippen LogP contribution in [-0.2, 0) is 9.59 Å². The Labute approximate surface area is 113 Å². The molecule has 0 bridgehead atoms. The molecular weight excluding hydrogens is 242 g/mol. The van der Waals surface area contributed by atoms with Gasteiger partial charge in [0.2, 0.25) is 5.91 Å². The van der Waals surface area contributed by atoms with Gasteiger partial charge in [0, 0.05) is 6.04 Å². The van der Waals surface area contributed by atoms with E-state index in [1.807, 2.05) is 37.3 Å². The second-order valence-electron chi connectivity index (χ2n) is 4.76. The maximum absolute atomic E-state index is 12.2. The Kier molecular flexibility index (Phi) is 6.06. The fourth-order valence-electron chi connectivity index (χ4n) is 2.08. The van der Waals surface area contributed by atoms with Crippen LogP contribution in [0, 0.1) is 0 Å². The topological polar surface area (TPSA) is 66.4 Å². The van der Waals surface area contributed by atoms with Crippen molar-refractivity contribution in [3.05, 3.63) is 35.9 Å². The lowest BCUT2D eigenvalue weighted by molar-refractivity contribution is -0.137. The molecule has 1 aromatic carbocycles. The summed E-state index contributed by atoms with van der Waals surface area (Å²) in [5, 5.41) is 11.5. The van der Waals surface area contributed by atoms with E-state index in [4.69, 9.17) is 5.11 Å². The zero-order valence-electron chi connectivity index (χ0n) is 11.4. The van der Waals surface area contributed by atoms with Gasteiger partial charge in [-0.25, -0.2) is 0 Å². The predicted molar refractivity (Wildman–Crippen MR) is 73.9 cm³/mol. The van der Waals surface area contributed by atoms with Gasteiger partial charge in [-0.2, -0.15) is 0 Å². The van der Waals surface area contributed by atoms with Crippen molar-refractivity contribution in [3.63, 3.8) is 0 Å². The van der Waals surface area contributed by atoms with Crippen LogP contribution in [0.3, 0.4) is 0 Å². The van der Waals surface area contributed by atoms with E-state index >= 15 is 0 Å². The van der Waals surface area contributed by atoms with Gasteiger partial charge in [0.15, 0.2) is 0 Å². The van der Waals surface area contributed by atoms with E-state index in [-0.39, 0.29) is 24.3 Å². The Morgan fingerprint density at radius 3 is 2.42 bits per heavy atom. The summed E-state index contributed by atoms with van der Waals surface area (Å²) in [5.41, 5.74) is 0.976. The number of carboxylic acid groups (broad SMARTS) is 1. The van der Waals surface area contributed by atoms with Crippen LogP contribution in [0.2, 0.25) is 0 Å². The van der Waals surface area contributed by atoms with Crippen molar-refractivity contribution >= 4 is 11.9 Å². The minimum absolute atomic E-state index is 0.0562. The normalized spacial score (nSPS) is 13.6. The van der Waals surface area contributed by atoms with E-state index in [0.717, 1.165) is 18.4 Å². The molecule has 2 unspecified atom stereocenters. The summed E-state index contributed by atoms with van der Waals surface area (Å²) in [5.74, 6) is -1.20. The molecule has 1 rings (SSSR count). The average molecular weight is 263 g/mol. The van der Waals surface area contributed by atoms with E-state index in [2.05, 4.69) is 5.32 Å². The summed E-state index contributed by atoms with van der Waals surface area (Å²) in [6, 6.07) is 9.24. The van der Waals surface area contributed by atoms with Gasteiger partial charge < -0.3 is 10.4 Å². The van der Waals surface area contributed by atoms with Crippen molar-refractivity contribution in [2.75, 3.05) is 0 Å². The predicted octanol–water partition coefficient (Wildman–Crippen LogP) is 2.55. The maximum atomic E-state index is 12.2. The Hall–Kier alpha value is -1.84.